The van der Waals surface area contributed by atoms with E-state index in [1.54, 1.807) is 24.5 Å². The normalized spacial score (nSPS) is 11.7. The Bertz CT molecular complexity index is 792. The number of para-hydroxylation sites is 1. The van der Waals surface area contributed by atoms with Crippen LogP contribution in [0.1, 0.15) is 11.6 Å². The molecule has 0 saturated heterocycles. The molecule has 122 valence electrons. The van der Waals surface area contributed by atoms with Gasteiger partial charge in [0, 0.05) is 0 Å². The second-order valence-corrected chi connectivity index (χ2v) is 5.13. The zero-order valence-corrected chi connectivity index (χ0v) is 12.8. The second kappa shape index (κ2) is 7.36. The number of carbonyl (C=O) groups is 1. The maximum atomic E-state index is 13.6. The summed E-state index contributed by atoms with van der Waals surface area (Å²) in [7, 11) is 0. The number of carbonyl (C=O) groups excluding carboxylic acids is 1. The molecule has 0 fully saturated rings. The van der Waals surface area contributed by atoms with Crippen molar-refractivity contribution in [3.63, 3.8) is 0 Å². The lowest BCUT2D eigenvalue weighted by Gasteiger charge is -2.19. The maximum absolute atomic E-state index is 13.6. The summed E-state index contributed by atoms with van der Waals surface area (Å²) >= 11 is 0. The highest BCUT2D eigenvalue weighted by Gasteiger charge is 2.16. The molecule has 1 atom stereocenters. The van der Waals surface area contributed by atoms with Crippen LogP contribution in [-0.4, -0.2) is 21.0 Å². The number of hydrogen-bond acceptors (Lipinski definition) is 3. The molecule has 1 unspecified atom stereocenters. The first-order chi connectivity index (χ1) is 11.7. The van der Waals surface area contributed by atoms with Crippen LogP contribution in [0.3, 0.4) is 0 Å². The van der Waals surface area contributed by atoms with Gasteiger partial charge in [0.05, 0.1) is 30.7 Å². The SMILES string of the molecule is O=C(Nc1ccccc1F)NC(Cn1nccn1)c1ccccc1. The smallest absolute Gasteiger partial charge is 0.319 e. The Hall–Kier alpha value is -3.22. The van der Waals surface area contributed by atoms with Gasteiger partial charge in [0.2, 0.25) is 0 Å². The molecule has 24 heavy (non-hydrogen) atoms. The van der Waals surface area contributed by atoms with Gasteiger partial charge in [-0.1, -0.05) is 42.5 Å². The molecule has 6 nitrogen and oxygen atoms in total. The van der Waals surface area contributed by atoms with Crippen molar-refractivity contribution in [3.05, 3.63) is 78.4 Å². The quantitative estimate of drug-likeness (QED) is 0.757. The van der Waals surface area contributed by atoms with Crippen molar-refractivity contribution < 1.29 is 9.18 Å². The standard InChI is InChI=1S/C17H16FN5O/c18-14-8-4-5-9-15(14)21-17(24)22-16(12-23-19-10-11-20-23)13-6-2-1-3-7-13/h1-11,16H,12H2,(H2,21,22,24). The average Bonchev–Trinajstić information content (AvgIpc) is 3.10. The van der Waals surface area contributed by atoms with E-state index in [0.29, 0.717) is 6.54 Å². The molecule has 0 saturated carbocycles. The number of nitrogens with zero attached hydrogens (tertiary/aromatic N) is 3. The number of aromatic nitrogens is 3. The molecule has 0 radical (unpaired) electrons. The number of nitrogens with one attached hydrogen (secondary N) is 2. The molecule has 0 bridgehead atoms. The van der Waals surface area contributed by atoms with E-state index in [9.17, 15) is 9.18 Å². The van der Waals surface area contributed by atoms with Crippen molar-refractivity contribution in [3.8, 4) is 0 Å². The van der Waals surface area contributed by atoms with Crippen molar-refractivity contribution in [1.82, 2.24) is 20.3 Å². The molecule has 2 aromatic carbocycles. The van der Waals surface area contributed by atoms with Crippen LogP contribution < -0.4 is 10.6 Å². The molecule has 0 aliphatic carbocycles. The Morgan fingerprint density at radius 1 is 1.04 bits per heavy atom. The van der Waals surface area contributed by atoms with Crippen LogP contribution in [0.2, 0.25) is 0 Å². The molecule has 2 amide bonds. The zero-order valence-electron chi connectivity index (χ0n) is 12.8. The number of anilines is 1. The van der Waals surface area contributed by atoms with E-state index in [-0.39, 0.29) is 11.7 Å². The lowest BCUT2D eigenvalue weighted by molar-refractivity contribution is 0.246. The van der Waals surface area contributed by atoms with Gasteiger partial charge in [0.1, 0.15) is 5.82 Å². The van der Waals surface area contributed by atoms with E-state index in [1.165, 1.54) is 16.9 Å². The molecule has 0 spiro atoms. The summed E-state index contributed by atoms with van der Waals surface area (Å²) in [6.45, 7) is 0.363. The first-order valence-electron chi connectivity index (χ1n) is 7.43. The van der Waals surface area contributed by atoms with Crippen molar-refractivity contribution in [1.29, 1.82) is 0 Å². The summed E-state index contributed by atoms with van der Waals surface area (Å²) in [5.41, 5.74) is 1.03. The molecule has 7 heteroatoms. The van der Waals surface area contributed by atoms with Gasteiger partial charge in [-0.3, -0.25) is 0 Å². The number of benzene rings is 2. The van der Waals surface area contributed by atoms with Crippen molar-refractivity contribution >= 4 is 11.7 Å². The topological polar surface area (TPSA) is 71.8 Å². The summed E-state index contributed by atoms with van der Waals surface area (Å²) in [5, 5.41) is 13.5. The molecule has 3 rings (SSSR count). The zero-order chi connectivity index (χ0) is 16.8. The number of halogens is 1. The molecule has 3 aromatic rings. The molecular formula is C17H16FN5O. The number of rotatable bonds is 5. The summed E-state index contributed by atoms with van der Waals surface area (Å²) in [6, 6.07) is 14.6. The van der Waals surface area contributed by atoms with Gasteiger partial charge in [-0.15, -0.1) is 0 Å². The van der Waals surface area contributed by atoms with Gasteiger partial charge in [0.25, 0.3) is 0 Å². The van der Waals surface area contributed by atoms with Crippen LogP contribution in [0.25, 0.3) is 0 Å². The maximum Gasteiger partial charge on any atom is 0.319 e. The van der Waals surface area contributed by atoms with Crippen LogP contribution in [-0.2, 0) is 6.54 Å². The van der Waals surface area contributed by atoms with Gasteiger partial charge in [-0.25, -0.2) is 9.18 Å². The van der Waals surface area contributed by atoms with Crippen LogP contribution >= 0.6 is 0 Å². The summed E-state index contributed by atoms with van der Waals surface area (Å²) in [4.78, 5) is 13.7. The largest absolute Gasteiger partial charge is 0.329 e. The minimum absolute atomic E-state index is 0.124. The monoisotopic (exact) mass is 325 g/mol. The van der Waals surface area contributed by atoms with Gasteiger partial charge < -0.3 is 10.6 Å². The minimum Gasteiger partial charge on any atom is -0.329 e. The van der Waals surface area contributed by atoms with E-state index in [1.807, 2.05) is 30.3 Å². The Morgan fingerprint density at radius 2 is 1.71 bits per heavy atom. The molecular weight excluding hydrogens is 309 g/mol. The second-order valence-electron chi connectivity index (χ2n) is 5.13. The highest BCUT2D eigenvalue weighted by Crippen LogP contribution is 2.16. The Labute approximate surface area is 138 Å². The summed E-state index contributed by atoms with van der Waals surface area (Å²) in [5.74, 6) is -0.488. The van der Waals surface area contributed by atoms with Gasteiger partial charge in [0.15, 0.2) is 0 Å². The first kappa shape index (κ1) is 15.7. The third kappa shape index (κ3) is 3.95. The molecule has 1 heterocycles. The van der Waals surface area contributed by atoms with Crippen LogP contribution in [0.5, 0.6) is 0 Å². The van der Waals surface area contributed by atoms with E-state index in [2.05, 4.69) is 20.8 Å². The van der Waals surface area contributed by atoms with Crippen molar-refractivity contribution in [2.45, 2.75) is 12.6 Å². The third-order valence-electron chi connectivity index (χ3n) is 3.44. The van der Waals surface area contributed by atoms with Gasteiger partial charge >= 0.3 is 6.03 Å². The van der Waals surface area contributed by atoms with Crippen LogP contribution in [0.4, 0.5) is 14.9 Å². The molecule has 1 aromatic heterocycles. The van der Waals surface area contributed by atoms with E-state index >= 15 is 0 Å². The van der Waals surface area contributed by atoms with Crippen molar-refractivity contribution in [2.24, 2.45) is 0 Å². The highest BCUT2D eigenvalue weighted by atomic mass is 19.1. The summed E-state index contributed by atoms with van der Waals surface area (Å²) in [6.07, 6.45) is 3.14. The Balaban J connectivity index is 1.74. The third-order valence-corrected chi connectivity index (χ3v) is 3.44. The molecule has 2 N–H and O–H groups in total. The lowest BCUT2D eigenvalue weighted by atomic mass is 10.1. The van der Waals surface area contributed by atoms with Gasteiger partial charge in [-0.05, 0) is 17.7 Å². The van der Waals surface area contributed by atoms with Crippen LogP contribution in [0.15, 0.2) is 67.0 Å². The number of urea groups is 1. The molecule has 0 aliphatic heterocycles. The molecule has 0 aliphatic rings. The number of amides is 2. The van der Waals surface area contributed by atoms with E-state index in [4.69, 9.17) is 0 Å². The van der Waals surface area contributed by atoms with E-state index in [0.717, 1.165) is 5.56 Å². The van der Waals surface area contributed by atoms with Gasteiger partial charge in [-0.2, -0.15) is 15.0 Å². The fourth-order valence-corrected chi connectivity index (χ4v) is 2.30. The highest BCUT2D eigenvalue weighted by molar-refractivity contribution is 5.89. The van der Waals surface area contributed by atoms with Crippen molar-refractivity contribution in [2.75, 3.05) is 5.32 Å². The predicted octanol–water partition coefficient (Wildman–Crippen LogP) is 2.98. The van der Waals surface area contributed by atoms with Crippen LogP contribution in [0, 0.1) is 5.82 Å². The fourth-order valence-electron chi connectivity index (χ4n) is 2.30. The summed E-state index contributed by atoms with van der Waals surface area (Å²) < 4.78 is 13.6. The lowest BCUT2D eigenvalue weighted by Crippen LogP contribution is -2.35. The Kier molecular flexibility index (Phi) is 4.81. The fraction of sp³-hybridized carbons (Fsp3) is 0.118. The number of hydrogen-bond donors (Lipinski definition) is 2. The van der Waals surface area contributed by atoms with E-state index < -0.39 is 11.8 Å². The Morgan fingerprint density at radius 3 is 2.42 bits per heavy atom. The first-order valence-corrected chi connectivity index (χ1v) is 7.43. The minimum atomic E-state index is -0.499. The average molecular weight is 325 g/mol. The predicted molar refractivity (Wildman–Crippen MR) is 87.8 cm³/mol.